The SMILES string of the molecule is COCOC[C@H](C)C[C@@H](OC(N)=O)c1ccccc1Cl. The summed E-state index contributed by atoms with van der Waals surface area (Å²) in [6.07, 6.45) is -0.738. The summed E-state index contributed by atoms with van der Waals surface area (Å²) in [5, 5.41) is 0.545. The van der Waals surface area contributed by atoms with Gasteiger partial charge < -0.3 is 19.9 Å². The molecule has 1 amide bonds. The van der Waals surface area contributed by atoms with Crippen LogP contribution in [0.25, 0.3) is 0 Å². The Morgan fingerprint density at radius 1 is 1.40 bits per heavy atom. The van der Waals surface area contributed by atoms with Gasteiger partial charge in [0, 0.05) is 17.7 Å². The number of amides is 1. The highest BCUT2D eigenvalue weighted by atomic mass is 35.5. The second-order valence-electron chi connectivity index (χ2n) is 4.57. The molecule has 0 unspecified atom stereocenters. The van der Waals surface area contributed by atoms with Crippen molar-refractivity contribution in [2.45, 2.75) is 19.4 Å². The number of benzene rings is 1. The molecule has 0 aliphatic heterocycles. The van der Waals surface area contributed by atoms with Gasteiger partial charge in [0.1, 0.15) is 12.9 Å². The van der Waals surface area contributed by atoms with Crippen LogP contribution in [0.5, 0.6) is 0 Å². The highest BCUT2D eigenvalue weighted by Gasteiger charge is 2.21. The fraction of sp³-hybridized carbons (Fsp3) is 0.500. The summed E-state index contributed by atoms with van der Waals surface area (Å²) >= 11 is 6.13. The number of primary amides is 1. The van der Waals surface area contributed by atoms with Gasteiger partial charge >= 0.3 is 6.09 Å². The topological polar surface area (TPSA) is 70.8 Å². The molecule has 0 aromatic heterocycles. The maximum Gasteiger partial charge on any atom is 0.405 e. The number of methoxy groups -OCH3 is 1. The fourth-order valence-electron chi connectivity index (χ4n) is 1.88. The first kappa shape index (κ1) is 16.8. The number of carbonyl (C=O) groups excluding carboxylic acids is 1. The van der Waals surface area contributed by atoms with Gasteiger partial charge in [0.05, 0.1) is 6.61 Å². The molecule has 112 valence electrons. The van der Waals surface area contributed by atoms with E-state index in [0.29, 0.717) is 18.1 Å². The summed E-state index contributed by atoms with van der Waals surface area (Å²) in [6.45, 7) is 2.72. The third-order valence-electron chi connectivity index (χ3n) is 2.73. The van der Waals surface area contributed by atoms with E-state index in [1.807, 2.05) is 25.1 Å². The first-order chi connectivity index (χ1) is 9.54. The van der Waals surface area contributed by atoms with Crippen LogP contribution >= 0.6 is 11.6 Å². The van der Waals surface area contributed by atoms with Crippen LogP contribution in [0, 0.1) is 5.92 Å². The quantitative estimate of drug-likeness (QED) is 0.591. The number of hydrogen-bond donors (Lipinski definition) is 1. The van der Waals surface area contributed by atoms with Crippen molar-refractivity contribution in [3.63, 3.8) is 0 Å². The van der Waals surface area contributed by atoms with Crippen molar-refractivity contribution in [3.05, 3.63) is 34.9 Å². The number of ether oxygens (including phenoxy) is 3. The summed E-state index contributed by atoms with van der Waals surface area (Å²) < 4.78 is 15.3. The van der Waals surface area contributed by atoms with Gasteiger partial charge in [-0.2, -0.15) is 0 Å². The Labute approximate surface area is 123 Å². The number of rotatable bonds is 8. The smallest absolute Gasteiger partial charge is 0.405 e. The highest BCUT2D eigenvalue weighted by molar-refractivity contribution is 6.31. The minimum absolute atomic E-state index is 0.158. The van der Waals surface area contributed by atoms with Crippen molar-refractivity contribution < 1.29 is 19.0 Å². The molecule has 2 atom stereocenters. The van der Waals surface area contributed by atoms with Gasteiger partial charge in [-0.05, 0) is 18.4 Å². The molecule has 0 radical (unpaired) electrons. The fourth-order valence-corrected chi connectivity index (χ4v) is 2.14. The van der Waals surface area contributed by atoms with Gasteiger partial charge in [0.15, 0.2) is 0 Å². The van der Waals surface area contributed by atoms with Crippen LogP contribution in [-0.2, 0) is 14.2 Å². The molecule has 5 nitrogen and oxygen atoms in total. The van der Waals surface area contributed by atoms with Crippen LogP contribution in [-0.4, -0.2) is 26.6 Å². The molecule has 0 aliphatic carbocycles. The molecule has 20 heavy (non-hydrogen) atoms. The van der Waals surface area contributed by atoms with E-state index in [0.717, 1.165) is 5.56 Å². The van der Waals surface area contributed by atoms with E-state index >= 15 is 0 Å². The summed E-state index contributed by atoms with van der Waals surface area (Å²) in [5.74, 6) is 0.158. The van der Waals surface area contributed by atoms with Gasteiger partial charge in [-0.25, -0.2) is 4.79 Å². The van der Waals surface area contributed by atoms with Crippen LogP contribution in [0.3, 0.4) is 0 Å². The van der Waals surface area contributed by atoms with E-state index in [1.165, 1.54) is 0 Å². The molecule has 0 heterocycles. The lowest BCUT2D eigenvalue weighted by Crippen LogP contribution is -2.20. The molecule has 1 rings (SSSR count). The lowest BCUT2D eigenvalue weighted by Gasteiger charge is -2.21. The highest BCUT2D eigenvalue weighted by Crippen LogP contribution is 2.30. The molecular weight excluding hydrogens is 282 g/mol. The van der Waals surface area contributed by atoms with Gasteiger partial charge in [-0.3, -0.25) is 0 Å². The first-order valence-corrected chi connectivity index (χ1v) is 6.69. The van der Waals surface area contributed by atoms with Crippen molar-refractivity contribution >= 4 is 17.7 Å². The predicted octanol–water partition coefficient (Wildman–Crippen LogP) is 3.12. The Balaban J connectivity index is 2.70. The van der Waals surface area contributed by atoms with Crippen LogP contribution in [0.1, 0.15) is 25.0 Å². The second kappa shape index (κ2) is 8.79. The Hall–Kier alpha value is -1.30. The normalized spacial score (nSPS) is 13.8. The Kier molecular flexibility index (Phi) is 7.36. The Bertz CT molecular complexity index is 427. The standard InChI is InChI=1S/C14H20ClNO4/c1-10(8-19-9-18-2)7-13(20-14(16)17)11-5-3-4-6-12(11)15/h3-6,10,13H,7-9H2,1-2H3,(H2,16,17)/t10-,13-/m1/s1. The van der Waals surface area contributed by atoms with Gasteiger partial charge in [0.2, 0.25) is 0 Å². The van der Waals surface area contributed by atoms with Gasteiger partial charge in [-0.1, -0.05) is 36.7 Å². The Morgan fingerprint density at radius 2 is 2.10 bits per heavy atom. The first-order valence-electron chi connectivity index (χ1n) is 6.31. The van der Waals surface area contributed by atoms with E-state index in [-0.39, 0.29) is 12.7 Å². The van der Waals surface area contributed by atoms with Crippen molar-refractivity contribution in [1.29, 1.82) is 0 Å². The zero-order valence-electron chi connectivity index (χ0n) is 11.7. The zero-order chi connectivity index (χ0) is 15.0. The minimum Gasteiger partial charge on any atom is -0.441 e. The largest absolute Gasteiger partial charge is 0.441 e. The molecule has 0 saturated carbocycles. The molecule has 2 N–H and O–H groups in total. The van der Waals surface area contributed by atoms with E-state index in [1.54, 1.807) is 13.2 Å². The molecule has 0 bridgehead atoms. The van der Waals surface area contributed by atoms with Crippen molar-refractivity contribution in [2.75, 3.05) is 20.5 Å². The van der Waals surface area contributed by atoms with Crippen LogP contribution in [0.4, 0.5) is 4.79 Å². The van der Waals surface area contributed by atoms with E-state index < -0.39 is 12.2 Å². The van der Waals surface area contributed by atoms with Crippen molar-refractivity contribution in [1.82, 2.24) is 0 Å². The van der Waals surface area contributed by atoms with Crippen molar-refractivity contribution in [3.8, 4) is 0 Å². The molecule has 0 fully saturated rings. The summed E-state index contributed by atoms with van der Waals surface area (Å²) in [5.41, 5.74) is 5.86. The molecular formula is C14H20ClNO4. The van der Waals surface area contributed by atoms with E-state index in [2.05, 4.69) is 0 Å². The van der Waals surface area contributed by atoms with Crippen molar-refractivity contribution in [2.24, 2.45) is 11.7 Å². The molecule has 6 heteroatoms. The molecule has 0 saturated heterocycles. The third-order valence-corrected chi connectivity index (χ3v) is 3.07. The second-order valence-corrected chi connectivity index (χ2v) is 4.97. The van der Waals surface area contributed by atoms with Gasteiger partial charge in [-0.15, -0.1) is 0 Å². The van der Waals surface area contributed by atoms with Crippen LogP contribution in [0.2, 0.25) is 5.02 Å². The molecule has 1 aromatic carbocycles. The molecule has 0 aliphatic rings. The van der Waals surface area contributed by atoms with Crippen LogP contribution < -0.4 is 5.73 Å². The van der Waals surface area contributed by atoms with Gasteiger partial charge in [0.25, 0.3) is 0 Å². The van der Waals surface area contributed by atoms with Crippen LogP contribution in [0.15, 0.2) is 24.3 Å². The van der Waals surface area contributed by atoms with E-state index in [4.69, 9.17) is 31.5 Å². The average Bonchev–Trinajstić information content (AvgIpc) is 2.38. The summed E-state index contributed by atoms with van der Waals surface area (Å²) in [7, 11) is 1.56. The molecule has 0 spiro atoms. The minimum atomic E-state index is -0.820. The maximum atomic E-state index is 11.0. The summed E-state index contributed by atoms with van der Waals surface area (Å²) in [4.78, 5) is 11.0. The third kappa shape index (κ3) is 5.77. The maximum absolute atomic E-state index is 11.0. The zero-order valence-corrected chi connectivity index (χ0v) is 12.4. The number of hydrogen-bond acceptors (Lipinski definition) is 4. The number of nitrogens with two attached hydrogens (primary N) is 1. The average molecular weight is 302 g/mol. The monoisotopic (exact) mass is 301 g/mol. The predicted molar refractivity (Wildman–Crippen MR) is 76.5 cm³/mol. The number of carbonyl (C=O) groups is 1. The molecule has 1 aromatic rings. The lowest BCUT2D eigenvalue weighted by atomic mass is 9.98. The summed E-state index contributed by atoms with van der Waals surface area (Å²) in [6, 6.07) is 7.22. The van der Waals surface area contributed by atoms with E-state index in [9.17, 15) is 4.79 Å². The number of halogens is 1. The Morgan fingerprint density at radius 3 is 2.70 bits per heavy atom. The lowest BCUT2D eigenvalue weighted by molar-refractivity contribution is -0.0465.